The van der Waals surface area contributed by atoms with Gasteiger partial charge in [0.05, 0.1) is 25.7 Å². The lowest BCUT2D eigenvalue weighted by molar-refractivity contribution is -0.118. The van der Waals surface area contributed by atoms with E-state index < -0.39 is 0 Å². The van der Waals surface area contributed by atoms with E-state index in [4.69, 9.17) is 15.2 Å². The Bertz CT molecular complexity index is 649. The highest BCUT2D eigenvalue weighted by molar-refractivity contribution is 5.91. The molecule has 0 saturated heterocycles. The molecule has 0 aliphatic heterocycles. The lowest BCUT2D eigenvalue weighted by atomic mass is 10.1. The summed E-state index contributed by atoms with van der Waals surface area (Å²) in [5.41, 5.74) is 8.57. The zero-order valence-corrected chi connectivity index (χ0v) is 15.8. The van der Waals surface area contributed by atoms with Crippen molar-refractivity contribution in [3.8, 4) is 0 Å². The molecule has 1 atom stereocenters. The number of nitrogens with one attached hydrogen (secondary N) is 1. The summed E-state index contributed by atoms with van der Waals surface area (Å²) in [4.78, 5) is 12.0. The number of amides is 1. The van der Waals surface area contributed by atoms with Crippen LogP contribution in [0.2, 0.25) is 0 Å². The number of halogens is 1. The predicted molar refractivity (Wildman–Crippen MR) is 107 cm³/mol. The highest BCUT2D eigenvalue weighted by Gasteiger charge is 2.11. The lowest BCUT2D eigenvalue weighted by Crippen LogP contribution is -2.28. The number of carbonyl (C=O) groups is 1. The van der Waals surface area contributed by atoms with E-state index in [1.54, 1.807) is 7.11 Å². The number of carbonyl (C=O) groups excluding carboxylic acids is 1. The summed E-state index contributed by atoms with van der Waals surface area (Å²) in [5.74, 6) is -0.112. The first-order chi connectivity index (χ1) is 12.2. The van der Waals surface area contributed by atoms with E-state index in [9.17, 15) is 4.79 Å². The minimum atomic E-state index is -0.260. The largest absolute Gasteiger partial charge is 0.380 e. The molecule has 0 heterocycles. The molecule has 0 fully saturated rings. The van der Waals surface area contributed by atoms with Gasteiger partial charge in [0, 0.05) is 19.3 Å². The maximum Gasteiger partial charge on any atom is 0.227 e. The van der Waals surface area contributed by atoms with Gasteiger partial charge < -0.3 is 20.5 Å². The number of methoxy groups -OCH3 is 1. The number of benzene rings is 2. The molecule has 1 amide bonds. The maximum absolute atomic E-state index is 12.0. The molecule has 1 unspecified atom stereocenters. The summed E-state index contributed by atoms with van der Waals surface area (Å²) in [6, 6.07) is 17.9. The second-order valence-corrected chi connectivity index (χ2v) is 5.83. The molecule has 3 N–H and O–H groups in total. The Kier molecular flexibility index (Phi) is 10.6. The molecule has 0 aromatic heterocycles. The van der Waals surface area contributed by atoms with Crippen LogP contribution in [0, 0.1) is 0 Å². The highest BCUT2D eigenvalue weighted by atomic mass is 35.5. The molecule has 0 bridgehead atoms. The average Bonchev–Trinajstić information content (AvgIpc) is 2.64. The van der Waals surface area contributed by atoms with Crippen LogP contribution in [-0.2, 0) is 27.3 Å². The summed E-state index contributed by atoms with van der Waals surface area (Å²) < 4.78 is 10.9. The predicted octanol–water partition coefficient (Wildman–Crippen LogP) is 3.17. The molecule has 142 valence electrons. The summed E-state index contributed by atoms with van der Waals surface area (Å²) in [5, 5.41) is 2.87. The van der Waals surface area contributed by atoms with Crippen LogP contribution in [-0.4, -0.2) is 32.3 Å². The normalized spacial score (nSPS) is 11.5. The van der Waals surface area contributed by atoms with E-state index in [1.807, 2.05) is 42.5 Å². The van der Waals surface area contributed by atoms with E-state index in [0.717, 1.165) is 17.7 Å². The molecule has 0 aliphatic rings. The van der Waals surface area contributed by atoms with E-state index >= 15 is 0 Å². The van der Waals surface area contributed by atoms with Crippen LogP contribution in [0.3, 0.4) is 0 Å². The summed E-state index contributed by atoms with van der Waals surface area (Å²) in [7, 11) is 1.55. The molecule has 5 nitrogen and oxygen atoms in total. The smallest absolute Gasteiger partial charge is 0.227 e. The fourth-order valence-electron chi connectivity index (χ4n) is 2.45. The number of nitrogens with two attached hydrogens (primary N) is 1. The molecule has 2 rings (SSSR count). The van der Waals surface area contributed by atoms with Gasteiger partial charge in [-0.3, -0.25) is 4.79 Å². The molecule has 2 aromatic rings. The van der Waals surface area contributed by atoms with Gasteiger partial charge in [-0.15, -0.1) is 12.4 Å². The Morgan fingerprint density at radius 2 is 1.85 bits per heavy atom. The molecule has 6 heteroatoms. The van der Waals surface area contributed by atoms with Crippen molar-refractivity contribution in [3.05, 3.63) is 65.7 Å². The monoisotopic (exact) mass is 378 g/mol. The first kappa shape index (κ1) is 22.1. The standard InChI is InChI=1S/C20H26N2O3.ClH/c1-24-19(14-21)13-20(23)22-18-9-5-8-17(12-18)15-25-11-10-16-6-3-2-4-7-16;/h2-9,12,19H,10-11,13-15,21H2,1H3,(H,22,23);1H. The van der Waals surface area contributed by atoms with Crippen molar-refractivity contribution in [2.24, 2.45) is 5.73 Å². The van der Waals surface area contributed by atoms with Crippen LogP contribution in [0.15, 0.2) is 54.6 Å². The fraction of sp³-hybridized carbons (Fsp3) is 0.350. The third kappa shape index (κ3) is 7.97. The number of hydrogen-bond acceptors (Lipinski definition) is 4. The Balaban J connectivity index is 0.00000338. The second-order valence-electron chi connectivity index (χ2n) is 5.83. The minimum Gasteiger partial charge on any atom is -0.380 e. The van der Waals surface area contributed by atoms with Crippen molar-refractivity contribution in [3.63, 3.8) is 0 Å². The van der Waals surface area contributed by atoms with Crippen molar-refractivity contribution in [2.75, 3.05) is 25.6 Å². The lowest BCUT2D eigenvalue weighted by Gasteiger charge is -2.13. The van der Waals surface area contributed by atoms with E-state index in [-0.39, 0.29) is 30.8 Å². The first-order valence-electron chi connectivity index (χ1n) is 8.44. The van der Waals surface area contributed by atoms with Crippen LogP contribution >= 0.6 is 12.4 Å². The number of hydrogen-bond donors (Lipinski definition) is 2. The third-order valence-corrected chi connectivity index (χ3v) is 3.87. The zero-order chi connectivity index (χ0) is 17.9. The summed E-state index contributed by atoms with van der Waals surface area (Å²) in [6.07, 6.45) is 0.865. The Morgan fingerprint density at radius 1 is 1.12 bits per heavy atom. The van der Waals surface area contributed by atoms with Gasteiger partial charge in [-0.05, 0) is 29.7 Å². The van der Waals surface area contributed by atoms with Gasteiger partial charge >= 0.3 is 0 Å². The second kappa shape index (κ2) is 12.4. The van der Waals surface area contributed by atoms with Crippen LogP contribution < -0.4 is 11.1 Å². The number of anilines is 1. The molecule has 0 saturated carbocycles. The Morgan fingerprint density at radius 3 is 2.54 bits per heavy atom. The number of ether oxygens (including phenoxy) is 2. The SMILES string of the molecule is COC(CN)CC(=O)Nc1cccc(COCCc2ccccc2)c1.Cl. The van der Waals surface area contributed by atoms with Crippen molar-refractivity contribution >= 4 is 24.0 Å². The van der Waals surface area contributed by atoms with Gasteiger partial charge in [0.15, 0.2) is 0 Å². The molecular formula is C20H27ClN2O3. The van der Waals surface area contributed by atoms with E-state index in [2.05, 4.69) is 17.4 Å². The van der Waals surface area contributed by atoms with E-state index in [1.165, 1.54) is 5.56 Å². The van der Waals surface area contributed by atoms with Gasteiger partial charge in [-0.25, -0.2) is 0 Å². The number of rotatable bonds is 10. The zero-order valence-electron chi connectivity index (χ0n) is 15.0. The van der Waals surface area contributed by atoms with Crippen LogP contribution in [0.25, 0.3) is 0 Å². The molecular weight excluding hydrogens is 352 g/mol. The van der Waals surface area contributed by atoms with E-state index in [0.29, 0.717) is 19.8 Å². The van der Waals surface area contributed by atoms with Gasteiger partial charge in [-0.2, -0.15) is 0 Å². The molecule has 26 heavy (non-hydrogen) atoms. The van der Waals surface area contributed by atoms with Crippen LogP contribution in [0.4, 0.5) is 5.69 Å². The topological polar surface area (TPSA) is 73.6 Å². The molecule has 0 aliphatic carbocycles. The highest BCUT2D eigenvalue weighted by Crippen LogP contribution is 2.13. The quantitative estimate of drug-likeness (QED) is 0.623. The maximum atomic E-state index is 12.0. The van der Waals surface area contributed by atoms with Crippen LogP contribution in [0.5, 0.6) is 0 Å². The summed E-state index contributed by atoms with van der Waals surface area (Å²) in [6.45, 7) is 1.49. The fourth-order valence-corrected chi connectivity index (χ4v) is 2.45. The van der Waals surface area contributed by atoms with Gasteiger partial charge in [0.25, 0.3) is 0 Å². The molecule has 0 spiro atoms. The van der Waals surface area contributed by atoms with Crippen molar-refractivity contribution in [1.29, 1.82) is 0 Å². The summed E-state index contributed by atoms with van der Waals surface area (Å²) >= 11 is 0. The van der Waals surface area contributed by atoms with Crippen molar-refractivity contribution in [2.45, 2.75) is 25.6 Å². The Hall–Kier alpha value is -1.92. The van der Waals surface area contributed by atoms with Gasteiger partial charge in [0.1, 0.15) is 0 Å². The third-order valence-electron chi connectivity index (χ3n) is 3.87. The molecule has 2 aromatic carbocycles. The Labute approximate surface area is 161 Å². The van der Waals surface area contributed by atoms with Gasteiger partial charge in [0.2, 0.25) is 5.91 Å². The average molecular weight is 379 g/mol. The van der Waals surface area contributed by atoms with Gasteiger partial charge in [-0.1, -0.05) is 42.5 Å². The van der Waals surface area contributed by atoms with Crippen molar-refractivity contribution in [1.82, 2.24) is 0 Å². The van der Waals surface area contributed by atoms with Crippen LogP contribution in [0.1, 0.15) is 17.5 Å². The minimum absolute atomic E-state index is 0. The van der Waals surface area contributed by atoms with Crippen molar-refractivity contribution < 1.29 is 14.3 Å². The molecule has 0 radical (unpaired) electrons. The first-order valence-corrected chi connectivity index (χ1v) is 8.44.